The van der Waals surface area contributed by atoms with Crippen molar-refractivity contribution in [2.75, 3.05) is 6.26 Å². The van der Waals surface area contributed by atoms with Crippen LogP contribution in [0.4, 0.5) is 0 Å². The number of hydrogen-bond acceptors (Lipinski definition) is 3. The predicted molar refractivity (Wildman–Crippen MR) is 51.9 cm³/mol. The van der Waals surface area contributed by atoms with Gasteiger partial charge in [-0.3, -0.25) is 4.18 Å². The Bertz CT molecular complexity index is 258. The van der Waals surface area contributed by atoms with Crippen LogP contribution in [-0.4, -0.2) is 20.8 Å². The van der Waals surface area contributed by atoms with E-state index in [0.717, 1.165) is 25.5 Å². The number of hydrogen-bond donors (Lipinski definition) is 0. The molecule has 3 nitrogen and oxygen atoms in total. The van der Waals surface area contributed by atoms with E-state index in [1.165, 1.54) is 0 Å². The third-order valence-corrected chi connectivity index (χ3v) is 3.48. The molecule has 78 valence electrons. The molecule has 4 heteroatoms. The summed E-state index contributed by atoms with van der Waals surface area (Å²) >= 11 is 0. The summed E-state index contributed by atoms with van der Waals surface area (Å²) < 4.78 is 26.7. The SMILES string of the molecule is CC1CCC(OS(C)(=O)=O)CC1C. The normalized spacial score (nSPS) is 36.1. The zero-order valence-electron chi connectivity index (χ0n) is 8.49. The molecule has 1 saturated carbocycles. The third-order valence-electron chi connectivity index (χ3n) is 2.86. The lowest BCUT2D eigenvalue weighted by molar-refractivity contribution is 0.107. The largest absolute Gasteiger partial charge is 0.267 e. The Kier molecular flexibility index (Phi) is 3.35. The lowest BCUT2D eigenvalue weighted by Crippen LogP contribution is -2.28. The van der Waals surface area contributed by atoms with E-state index in [2.05, 4.69) is 13.8 Å². The summed E-state index contributed by atoms with van der Waals surface area (Å²) in [6.07, 6.45) is 3.85. The fraction of sp³-hybridized carbons (Fsp3) is 1.00. The minimum Gasteiger partial charge on any atom is -0.267 e. The molecule has 0 aromatic rings. The molecule has 0 aromatic heterocycles. The topological polar surface area (TPSA) is 43.4 Å². The molecule has 0 spiro atoms. The first-order valence-electron chi connectivity index (χ1n) is 4.76. The second-order valence-corrected chi connectivity index (χ2v) is 5.79. The summed E-state index contributed by atoms with van der Waals surface area (Å²) in [6.45, 7) is 4.36. The number of rotatable bonds is 2. The summed E-state index contributed by atoms with van der Waals surface area (Å²) in [5.41, 5.74) is 0. The Morgan fingerprint density at radius 2 is 1.77 bits per heavy atom. The van der Waals surface area contributed by atoms with E-state index in [-0.39, 0.29) is 6.10 Å². The van der Waals surface area contributed by atoms with Crippen molar-refractivity contribution in [2.24, 2.45) is 11.8 Å². The molecule has 0 aliphatic heterocycles. The standard InChI is InChI=1S/C9H18O3S/c1-7-4-5-9(6-8(7)2)12-13(3,10)11/h7-9H,4-6H2,1-3H3. The second kappa shape index (κ2) is 3.96. The van der Waals surface area contributed by atoms with Crippen molar-refractivity contribution in [3.05, 3.63) is 0 Å². The van der Waals surface area contributed by atoms with Gasteiger partial charge >= 0.3 is 0 Å². The zero-order valence-corrected chi connectivity index (χ0v) is 9.30. The van der Waals surface area contributed by atoms with Gasteiger partial charge in [0, 0.05) is 0 Å². The highest BCUT2D eigenvalue weighted by Gasteiger charge is 2.27. The minimum absolute atomic E-state index is 0.0822. The smallest absolute Gasteiger partial charge is 0.264 e. The van der Waals surface area contributed by atoms with Gasteiger partial charge in [0.25, 0.3) is 10.1 Å². The van der Waals surface area contributed by atoms with Gasteiger partial charge in [0.15, 0.2) is 0 Å². The van der Waals surface area contributed by atoms with Gasteiger partial charge in [-0.25, -0.2) is 0 Å². The first-order chi connectivity index (χ1) is 5.88. The van der Waals surface area contributed by atoms with Crippen LogP contribution in [-0.2, 0) is 14.3 Å². The molecule has 0 bridgehead atoms. The van der Waals surface area contributed by atoms with Crippen LogP contribution in [0.15, 0.2) is 0 Å². The molecule has 0 amide bonds. The molecule has 1 aliphatic rings. The molecule has 1 rings (SSSR count). The van der Waals surface area contributed by atoms with Crippen molar-refractivity contribution in [1.29, 1.82) is 0 Å². The van der Waals surface area contributed by atoms with Gasteiger partial charge in [-0.15, -0.1) is 0 Å². The van der Waals surface area contributed by atoms with Crippen molar-refractivity contribution in [3.63, 3.8) is 0 Å². The molecule has 0 saturated heterocycles. The Morgan fingerprint density at radius 3 is 2.23 bits per heavy atom. The van der Waals surface area contributed by atoms with Gasteiger partial charge in [0.05, 0.1) is 12.4 Å². The minimum atomic E-state index is -3.26. The Hall–Kier alpha value is -0.0900. The van der Waals surface area contributed by atoms with E-state index in [1.54, 1.807) is 0 Å². The summed E-state index contributed by atoms with van der Waals surface area (Å²) in [7, 11) is -3.26. The van der Waals surface area contributed by atoms with Crippen LogP contribution in [0.5, 0.6) is 0 Å². The fourth-order valence-corrected chi connectivity index (χ4v) is 2.50. The van der Waals surface area contributed by atoms with E-state index >= 15 is 0 Å². The first-order valence-corrected chi connectivity index (χ1v) is 6.58. The Labute approximate surface area is 80.6 Å². The van der Waals surface area contributed by atoms with Crippen LogP contribution in [0.1, 0.15) is 33.1 Å². The van der Waals surface area contributed by atoms with Gasteiger partial charge in [-0.2, -0.15) is 8.42 Å². The molecule has 0 radical (unpaired) electrons. The van der Waals surface area contributed by atoms with Crippen LogP contribution >= 0.6 is 0 Å². The van der Waals surface area contributed by atoms with E-state index in [4.69, 9.17) is 4.18 Å². The van der Waals surface area contributed by atoms with Crippen LogP contribution < -0.4 is 0 Å². The Balaban J connectivity index is 2.47. The predicted octanol–water partition coefficient (Wildman–Crippen LogP) is 1.79. The molecular formula is C9H18O3S. The maximum Gasteiger partial charge on any atom is 0.264 e. The van der Waals surface area contributed by atoms with Crippen LogP contribution in [0, 0.1) is 11.8 Å². The quantitative estimate of drug-likeness (QED) is 0.647. The fourth-order valence-electron chi connectivity index (χ4n) is 1.83. The van der Waals surface area contributed by atoms with Crippen molar-refractivity contribution in [2.45, 2.75) is 39.2 Å². The monoisotopic (exact) mass is 206 g/mol. The lowest BCUT2D eigenvalue weighted by Gasteiger charge is -2.30. The highest BCUT2D eigenvalue weighted by atomic mass is 32.2. The van der Waals surface area contributed by atoms with E-state index < -0.39 is 10.1 Å². The molecule has 13 heavy (non-hydrogen) atoms. The van der Waals surface area contributed by atoms with E-state index in [9.17, 15) is 8.42 Å². The molecular weight excluding hydrogens is 188 g/mol. The van der Waals surface area contributed by atoms with Crippen LogP contribution in [0.25, 0.3) is 0 Å². The van der Waals surface area contributed by atoms with Crippen LogP contribution in [0.3, 0.4) is 0 Å². The highest BCUT2D eigenvalue weighted by Crippen LogP contribution is 2.31. The van der Waals surface area contributed by atoms with Gasteiger partial charge in [0.2, 0.25) is 0 Å². The van der Waals surface area contributed by atoms with Crippen molar-refractivity contribution in [3.8, 4) is 0 Å². The maximum absolute atomic E-state index is 10.9. The van der Waals surface area contributed by atoms with Crippen molar-refractivity contribution >= 4 is 10.1 Å². The molecule has 0 heterocycles. The summed E-state index contributed by atoms with van der Waals surface area (Å²) in [5.74, 6) is 1.26. The van der Waals surface area contributed by atoms with Crippen molar-refractivity contribution < 1.29 is 12.6 Å². The van der Waals surface area contributed by atoms with Gasteiger partial charge in [-0.05, 0) is 31.1 Å². The summed E-state index contributed by atoms with van der Waals surface area (Å²) in [6, 6.07) is 0. The summed E-state index contributed by atoms with van der Waals surface area (Å²) in [4.78, 5) is 0. The van der Waals surface area contributed by atoms with Crippen molar-refractivity contribution in [1.82, 2.24) is 0 Å². The average Bonchev–Trinajstić information content (AvgIpc) is 1.94. The van der Waals surface area contributed by atoms with E-state index in [0.29, 0.717) is 11.8 Å². The lowest BCUT2D eigenvalue weighted by atomic mass is 9.80. The third kappa shape index (κ3) is 3.65. The molecule has 0 N–H and O–H groups in total. The first kappa shape index (κ1) is 11.0. The molecule has 1 aliphatic carbocycles. The summed E-state index contributed by atoms with van der Waals surface area (Å²) in [5, 5.41) is 0. The maximum atomic E-state index is 10.9. The molecule has 0 aromatic carbocycles. The molecule has 3 unspecified atom stereocenters. The molecule has 1 fully saturated rings. The Morgan fingerprint density at radius 1 is 1.15 bits per heavy atom. The molecule has 3 atom stereocenters. The van der Waals surface area contributed by atoms with Crippen LogP contribution in [0.2, 0.25) is 0 Å². The highest BCUT2D eigenvalue weighted by molar-refractivity contribution is 7.86. The average molecular weight is 206 g/mol. The van der Waals surface area contributed by atoms with E-state index in [1.807, 2.05) is 0 Å². The van der Waals surface area contributed by atoms with Gasteiger partial charge in [0.1, 0.15) is 0 Å². The zero-order chi connectivity index (χ0) is 10.1. The van der Waals surface area contributed by atoms with Gasteiger partial charge in [-0.1, -0.05) is 13.8 Å². The second-order valence-electron chi connectivity index (χ2n) is 4.19. The van der Waals surface area contributed by atoms with Gasteiger partial charge < -0.3 is 0 Å².